The number of hydrogen-bond donors (Lipinski definition) is 0. The topological polar surface area (TPSA) is 78.9 Å². The summed E-state index contributed by atoms with van der Waals surface area (Å²) < 4.78 is 16.4. The van der Waals surface area contributed by atoms with E-state index >= 15 is 0 Å². The molecule has 0 saturated carbocycles. The third kappa shape index (κ3) is 3.94. The molecule has 2 aromatic carbocycles. The normalized spacial score (nSPS) is 12.6. The average Bonchev–Trinajstić information content (AvgIpc) is 2.92. The van der Waals surface area contributed by atoms with Crippen LogP contribution in [0.2, 0.25) is 0 Å². The van der Waals surface area contributed by atoms with Crippen LogP contribution in [0.4, 0.5) is 0 Å². The fourth-order valence-electron chi connectivity index (χ4n) is 2.83. The SMILES string of the molecule is CCOc1cc(C=C2C(=O)c3ccccc3C2=O)cc(I)c1OCC(=O)OC. The lowest BCUT2D eigenvalue weighted by Crippen LogP contribution is -2.14. The Morgan fingerprint density at radius 2 is 1.71 bits per heavy atom. The van der Waals surface area contributed by atoms with Crippen molar-refractivity contribution in [1.29, 1.82) is 0 Å². The highest BCUT2D eigenvalue weighted by Gasteiger charge is 2.32. The van der Waals surface area contributed by atoms with E-state index in [1.807, 2.05) is 6.92 Å². The number of rotatable bonds is 6. The maximum Gasteiger partial charge on any atom is 0.343 e. The summed E-state index contributed by atoms with van der Waals surface area (Å²) in [5.74, 6) is -0.272. The monoisotopic (exact) mass is 492 g/mol. The number of carbonyl (C=O) groups excluding carboxylic acids is 3. The molecule has 0 saturated heterocycles. The molecule has 6 nitrogen and oxygen atoms in total. The molecule has 0 radical (unpaired) electrons. The number of halogens is 1. The van der Waals surface area contributed by atoms with Crippen molar-refractivity contribution in [2.45, 2.75) is 6.92 Å². The number of carbonyl (C=O) groups is 3. The van der Waals surface area contributed by atoms with Gasteiger partial charge >= 0.3 is 5.97 Å². The lowest BCUT2D eigenvalue weighted by atomic mass is 10.1. The van der Waals surface area contributed by atoms with Gasteiger partial charge in [-0.2, -0.15) is 0 Å². The second-order valence-corrected chi connectivity index (χ2v) is 7.05. The highest BCUT2D eigenvalue weighted by atomic mass is 127. The van der Waals surface area contributed by atoms with Crippen molar-refractivity contribution in [3.8, 4) is 11.5 Å². The van der Waals surface area contributed by atoms with Gasteiger partial charge in [-0.1, -0.05) is 24.3 Å². The van der Waals surface area contributed by atoms with Gasteiger partial charge in [0, 0.05) is 11.1 Å². The van der Waals surface area contributed by atoms with Crippen molar-refractivity contribution in [3.05, 3.63) is 62.2 Å². The Morgan fingerprint density at radius 1 is 1.07 bits per heavy atom. The molecule has 0 spiro atoms. The fourth-order valence-corrected chi connectivity index (χ4v) is 3.62. The molecule has 0 atom stereocenters. The molecule has 0 amide bonds. The van der Waals surface area contributed by atoms with Crippen molar-refractivity contribution in [2.75, 3.05) is 20.3 Å². The third-order valence-corrected chi connectivity index (χ3v) is 4.91. The zero-order valence-corrected chi connectivity index (χ0v) is 17.4. The number of allylic oxidation sites excluding steroid dienone is 1. The lowest BCUT2D eigenvalue weighted by molar-refractivity contribution is -0.142. The molecule has 0 bridgehead atoms. The van der Waals surface area contributed by atoms with E-state index in [9.17, 15) is 14.4 Å². The van der Waals surface area contributed by atoms with Gasteiger partial charge in [0.2, 0.25) is 0 Å². The maximum atomic E-state index is 12.6. The van der Waals surface area contributed by atoms with Gasteiger partial charge in [0.15, 0.2) is 29.7 Å². The number of Topliss-reactive ketones (excluding diaryl/α,β-unsaturated/α-hetero) is 2. The second kappa shape index (κ2) is 8.55. The molecule has 0 fully saturated rings. The van der Waals surface area contributed by atoms with Gasteiger partial charge in [-0.25, -0.2) is 4.79 Å². The Morgan fingerprint density at radius 3 is 2.29 bits per heavy atom. The Hall–Kier alpha value is -2.68. The quantitative estimate of drug-likeness (QED) is 0.265. The maximum absolute atomic E-state index is 12.6. The minimum Gasteiger partial charge on any atom is -0.490 e. The summed E-state index contributed by atoms with van der Waals surface area (Å²) in [6.07, 6.45) is 1.55. The van der Waals surface area contributed by atoms with E-state index in [2.05, 4.69) is 27.3 Å². The number of hydrogen-bond acceptors (Lipinski definition) is 6. The van der Waals surface area contributed by atoms with Crippen LogP contribution in [0.1, 0.15) is 33.2 Å². The molecular formula is C21H17IO6. The Kier molecular flexibility index (Phi) is 6.13. The van der Waals surface area contributed by atoms with Crippen molar-refractivity contribution in [2.24, 2.45) is 0 Å². The van der Waals surface area contributed by atoms with Crippen LogP contribution >= 0.6 is 22.6 Å². The van der Waals surface area contributed by atoms with Gasteiger partial charge in [0.05, 0.1) is 22.9 Å². The van der Waals surface area contributed by atoms with E-state index in [-0.39, 0.29) is 23.7 Å². The van der Waals surface area contributed by atoms with Crippen LogP contribution in [0.15, 0.2) is 42.0 Å². The molecule has 1 aliphatic carbocycles. The zero-order valence-electron chi connectivity index (χ0n) is 15.3. The molecule has 3 rings (SSSR count). The summed E-state index contributed by atoms with van der Waals surface area (Å²) in [5, 5.41) is 0. The fraction of sp³-hybridized carbons (Fsp3) is 0.190. The van der Waals surface area contributed by atoms with Crippen LogP contribution in [-0.2, 0) is 9.53 Å². The molecule has 0 heterocycles. The first-order valence-electron chi connectivity index (χ1n) is 8.52. The molecular weight excluding hydrogens is 475 g/mol. The highest BCUT2D eigenvalue weighted by Crippen LogP contribution is 2.36. The second-order valence-electron chi connectivity index (χ2n) is 5.89. The Balaban J connectivity index is 1.97. The van der Waals surface area contributed by atoms with Gasteiger partial charge in [0.25, 0.3) is 0 Å². The number of ketones is 2. The highest BCUT2D eigenvalue weighted by molar-refractivity contribution is 14.1. The summed E-state index contributed by atoms with van der Waals surface area (Å²) >= 11 is 2.05. The first-order chi connectivity index (χ1) is 13.5. The van der Waals surface area contributed by atoms with Crippen LogP contribution in [0, 0.1) is 3.57 Å². The van der Waals surface area contributed by atoms with Crippen LogP contribution in [-0.4, -0.2) is 37.9 Å². The minimum atomic E-state index is -0.510. The number of fused-ring (bicyclic) bond motifs is 1. The lowest BCUT2D eigenvalue weighted by Gasteiger charge is -2.14. The molecule has 28 heavy (non-hydrogen) atoms. The first kappa shape index (κ1) is 20.1. The number of esters is 1. The molecule has 0 unspecified atom stereocenters. The molecule has 0 aliphatic heterocycles. The molecule has 1 aliphatic rings. The Bertz CT molecular complexity index is 955. The standard InChI is InChI=1S/C21H17IO6/c1-3-27-17-10-12(9-16(22)21(17)28-11-18(23)26-2)8-15-19(24)13-6-4-5-7-14(13)20(15)25/h4-10H,3,11H2,1-2H3. The first-order valence-corrected chi connectivity index (χ1v) is 9.60. The summed E-state index contributed by atoms with van der Waals surface area (Å²) in [6.45, 7) is 1.95. The molecule has 0 N–H and O–H groups in total. The van der Waals surface area contributed by atoms with Crippen molar-refractivity contribution < 1.29 is 28.6 Å². The van der Waals surface area contributed by atoms with Crippen molar-refractivity contribution >= 4 is 46.2 Å². The largest absolute Gasteiger partial charge is 0.490 e. The van der Waals surface area contributed by atoms with Crippen LogP contribution in [0.3, 0.4) is 0 Å². The average molecular weight is 492 g/mol. The van der Waals surface area contributed by atoms with E-state index in [0.29, 0.717) is 38.4 Å². The molecule has 0 aromatic heterocycles. The van der Waals surface area contributed by atoms with Crippen LogP contribution < -0.4 is 9.47 Å². The molecule has 7 heteroatoms. The predicted molar refractivity (Wildman–Crippen MR) is 111 cm³/mol. The van der Waals surface area contributed by atoms with Gasteiger partial charge in [-0.15, -0.1) is 0 Å². The summed E-state index contributed by atoms with van der Waals surface area (Å²) in [6, 6.07) is 10.2. The van der Waals surface area contributed by atoms with Gasteiger partial charge in [-0.3, -0.25) is 9.59 Å². The minimum absolute atomic E-state index is 0.114. The van der Waals surface area contributed by atoms with Crippen molar-refractivity contribution in [1.82, 2.24) is 0 Å². The van der Waals surface area contributed by atoms with E-state index in [4.69, 9.17) is 9.47 Å². The van der Waals surface area contributed by atoms with Gasteiger partial charge < -0.3 is 14.2 Å². The smallest absolute Gasteiger partial charge is 0.343 e. The van der Waals surface area contributed by atoms with Gasteiger partial charge in [0.1, 0.15) is 0 Å². The number of methoxy groups -OCH3 is 1. The third-order valence-electron chi connectivity index (χ3n) is 4.11. The number of benzene rings is 2. The van der Waals surface area contributed by atoms with Crippen molar-refractivity contribution in [3.63, 3.8) is 0 Å². The van der Waals surface area contributed by atoms with Gasteiger partial charge in [-0.05, 0) is 53.3 Å². The summed E-state index contributed by atoms with van der Waals surface area (Å²) in [4.78, 5) is 36.5. The van der Waals surface area contributed by atoms with Crippen LogP contribution in [0.5, 0.6) is 11.5 Å². The van der Waals surface area contributed by atoms with E-state index in [1.165, 1.54) is 7.11 Å². The molecule has 144 valence electrons. The van der Waals surface area contributed by atoms with E-state index in [1.54, 1.807) is 42.5 Å². The van der Waals surface area contributed by atoms with Crippen LogP contribution in [0.25, 0.3) is 6.08 Å². The summed E-state index contributed by atoms with van der Waals surface area (Å²) in [5.41, 5.74) is 1.57. The van der Waals surface area contributed by atoms with E-state index in [0.717, 1.165) is 0 Å². The summed E-state index contributed by atoms with van der Waals surface area (Å²) in [7, 11) is 1.28. The predicted octanol–water partition coefficient (Wildman–Crippen LogP) is 3.70. The number of ether oxygens (including phenoxy) is 3. The zero-order chi connectivity index (χ0) is 20.3. The molecule has 2 aromatic rings. The van der Waals surface area contributed by atoms with E-state index < -0.39 is 5.97 Å². The Labute approximate surface area is 175 Å².